The Bertz CT molecular complexity index is 899. The number of nitrogens with one attached hydrogen (secondary N) is 1. The van der Waals surface area contributed by atoms with E-state index in [0.29, 0.717) is 17.9 Å². The van der Waals surface area contributed by atoms with Gasteiger partial charge in [0.25, 0.3) is 5.91 Å². The molecule has 3 N–H and O–H groups in total. The number of amides is 3. The monoisotopic (exact) mass is 461 g/mol. The maximum Gasteiger partial charge on any atom is 0.319 e. The number of carbonyl (C=O) groups is 2. The Labute approximate surface area is 164 Å². The highest BCUT2D eigenvalue weighted by atomic mass is 127. The van der Waals surface area contributed by atoms with Gasteiger partial charge in [0.05, 0.1) is 3.57 Å². The minimum absolute atomic E-state index is 0.215. The first kappa shape index (κ1) is 19.5. The van der Waals surface area contributed by atoms with Crippen molar-refractivity contribution in [2.45, 2.75) is 13.5 Å². The molecule has 0 aliphatic carbocycles. The highest BCUT2D eigenvalue weighted by Gasteiger charge is 2.11. The summed E-state index contributed by atoms with van der Waals surface area (Å²) >= 11 is 2.12. The number of halogens is 1. The summed E-state index contributed by atoms with van der Waals surface area (Å²) in [5.74, 6) is -0.141. The van der Waals surface area contributed by atoms with Crippen LogP contribution in [0.2, 0.25) is 0 Å². The number of carbonyl (C=O) groups excluding carboxylic acids is 2. The molecule has 2 aromatic carbocycles. The normalized spacial score (nSPS) is 10.7. The number of nitrogens with two attached hydrogens (primary N) is 1. The van der Waals surface area contributed by atoms with Crippen molar-refractivity contribution in [2.24, 2.45) is 5.73 Å². The SMILES string of the molecule is Cc1ccc(COc2ccc(/C=C(/C#N)C(=O)NC(N)=O)cc2I)cc1. The number of hydrogen-bond acceptors (Lipinski definition) is 4. The highest BCUT2D eigenvalue weighted by Crippen LogP contribution is 2.24. The number of aryl methyl sites for hydroxylation is 1. The van der Waals surface area contributed by atoms with Crippen LogP contribution in [0.1, 0.15) is 16.7 Å². The Morgan fingerprint density at radius 1 is 1.27 bits per heavy atom. The smallest absolute Gasteiger partial charge is 0.319 e. The zero-order chi connectivity index (χ0) is 19.1. The summed E-state index contributed by atoms with van der Waals surface area (Å²) in [5, 5.41) is 10.9. The Morgan fingerprint density at radius 2 is 1.96 bits per heavy atom. The van der Waals surface area contributed by atoms with Gasteiger partial charge in [-0.1, -0.05) is 35.9 Å². The fourth-order valence-corrected chi connectivity index (χ4v) is 2.76. The molecule has 26 heavy (non-hydrogen) atoms. The van der Waals surface area contributed by atoms with Gasteiger partial charge in [0.2, 0.25) is 0 Å². The van der Waals surface area contributed by atoms with Crippen LogP contribution in [0.25, 0.3) is 6.08 Å². The van der Waals surface area contributed by atoms with E-state index in [1.165, 1.54) is 11.6 Å². The number of imide groups is 1. The molecular formula is C19H16IN3O3. The largest absolute Gasteiger partial charge is 0.488 e. The lowest BCUT2D eigenvalue weighted by atomic mass is 10.1. The van der Waals surface area contributed by atoms with E-state index in [4.69, 9.17) is 15.7 Å². The van der Waals surface area contributed by atoms with Crippen LogP contribution in [-0.2, 0) is 11.4 Å². The fourth-order valence-electron chi connectivity index (χ4n) is 2.06. The van der Waals surface area contributed by atoms with Crippen LogP contribution in [0.3, 0.4) is 0 Å². The van der Waals surface area contributed by atoms with Crippen molar-refractivity contribution in [1.29, 1.82) is 5.26 Å². The summed E-state index contributed by atoms with van der Waals surface area (Å²) in [6.07, 6.45) is 1.38. The highest BCUT2D eigenvalue weighted by molar-refractivity contribution is 14.1. The molecule has 2 aromatic rings. The lowest BCUT2D eigenvalue weighted by Gasteiger charge is -2.09. The summed E-state index contributed by atoms with van der Waals surface area (Å²) in [4.78, 5) is 22.4. The van der Waals surface area contributed by atoms with Crippen LogP contribution < -0.4 is 15.8 Å². The van der Waals surface area contributed by atoms with Crippen molar-refractivity contribution in [2.75, 3.05) is 0 Å². The van der Waals surface area contributed by atoms with Gasteiger partial charge in [0.1, 0.15) is 24.0 Å². The predicted octanol–water partition coefficient (Wildman–Crippen LogP) is 3.28. The average Bonchev–Trinajstić information content (AvgIpc) is 2.59. The van der Waals surface area contributed by atoms with Gasteiger partial charge in [-0.25, -0.2) is 4.79 Å². The molecule has 0 saturated carbocycles. The first-order valence-electron chi connectivity index (χ1n) is 7.59. The molecule has 0 aliphatic heterocycles. The molecule has 2 rings (SSSR count). The van der Waals surface area contributed by atoms with Crippen molar-refractivity contribution in [3.8, 4) is 11.8 Å². The minimum atomic E-state index is -1.01. The Balaban J connectivity index is 2.11. The van der Waals surface area contributed by atoms with Crippen LogP contribution in [0, 0.1) is 21.8 Å². The second kappa shape index (κ2) is 9.01. The van der Waals surface area contributed by atoms with Gasteiger partial charge in [-0.05, 0) is 58.9 Å². The number of benzene rings is 2. The second-order valence-electron chi connectivity index (χ2n) is 5.45. The molecule has 0 spiro atoms. The second-order valence-corrected chi connectivity index (χ2v) is 6.61. The van der Waals surface area contributed by atoms with E-state index in [-0.39, 0.29) is 5.57 Å². The standard InChI is InChI=1S/C19H16IN3O3/c1-12-2-4-13(5-3-12)11-26-17-7-6-14(9-16(17)20)8-15(10-21)18(24)23-19(22)25/h2-9H,11H2,1H3,(H3,22,23,24,25)/b15-8-. The van der Waals surface area contributed by atoms with Crippen molar-refractivity contribution >= 4 is 40.6 Å². The van der Waals surface area contributed by atoms with Gasteiger partial charge in [0, 0.05) is 0 Å². The predicted molar refractivity (Wildman–Crippen MR) is 106 cm³/mol. The molecule has 0 aliphatic rings. The van der Waals surface area contributed by atoms with Gasteiger partial charge < -0.3 is 10.5 Å². The summed E-state index contributed by atoms with van der Waals surface area (Å²) in [7, 11) is 0. The third-order valence-corrected chi connectivity index (χ3v) is 4.23. The van der Waals surface area contributed by atoms with Crippen molar-refractivity contribution in [1.82, 2.24) is 5.32 Å². The molecule has 132 valence electrons. The van der Waals surface area contributed by atoms with Crippen molar-refractivity contribution < 1.29 is 14.3 Å². The van der Waals surface area contributed by atoms with Gasteiger partial charge in [0.15, 0.2) is 0 Å². The third kappa shape index (κ3) is 5.60. The van der Waals surface area contributed by atoms with Crippen LogP contribution in [0.5, 0.6) is 5.75 Å². The third-order valence-electron chi connectivity index (χ3n) is 3.38. The van der Waals surface area contributed by atoms with Crippen molar-refractivity contribution in [3.63, 3.8) is 0 Å². The van der Waals surface area contributed by atoms with Crippen molar-refractivity contribution in [3.05, 3.63) is 68.3 Å². The van der Waals surface area contributed by atoms with Gasteiger partial charge in [-0.2, -0.15) is 5.26 Å². The summed E-state index contributed by atoms with van der Waals surface area (Å²) in [6, 6.07) is 14.1. The number of nitrogens with zero attached hydrogens (tertiary/aromatic N) is 1. The first-order chi connectivity index (χ1) is 12.4. The van der Waals surface area contributed by atoms with E-state index in [1.807, 2.05) is 36.5 Å². The number of urea groups is 1. The molecule has 7 heteroatoms. The fraction of sp³-hybridized carbons (Fsp3) is 0.105. The number of rotatable bonds is 5. The number of nitriles is 1. The zero-order valence-electron chi connectivity index (χ0n) is 14.0. The maximum atomic E-state index is 11.7. The molecule has 0 unspecified atom stereocenters. The Hall–Kier alpha value is -2.86. The van der Waals surface area contributed by atoms with E-state index in [0.717, 1.165) is 9.13 Å². The molecule has 0 fully saturated rings. The minimum Gasteiger partial charge on any atom is -0.488 e. The average molecular weight is 461 g/mol. The van der Waals surface area contributed by atoms with E-state index in [9.17, 15) is 9.59 Å². The molecule has 0 heterocycles. The summed E-state index contributed by atoms with van der Waals surface area (Å²) in [5.41, 5.74) is 7.55. The summed E-state index contributed by atoms with van der Waals surface area (Å²) in [6.45, 7) is 2.47. The van der Waals surface area contributed by atoms with Crippen LogP contribution in [0.4, 0.5) is 4.79 Å². The lowest BCUT2D eigenvalue weighted by molar-refractivity contribution is -0.115. The number of ether oxygens (including phenoxy) is 1. The summed E-state index contributed by atoms with van der Waals surface area (Å²) < 4.78 is 6.65. The molecule has 0 aromatic heterocycles. The first-order valence-corrected chi connectivity index (χ1v) is 8.67. The molecule has 6 nitrogen and oxygen atoms in total. The van der Waals surface area contributed by atoms with Crippen LogP contribution in [-0.4, -0.2) is 11.9 Å². The van der Waals surface area contributed by atoms with E-state index in [2.05, 4.69) is 22.6 Å². The van der Waals surface area contributed by atoms with Gasteiger partial charge in [-0.15, -0.1) is 0 Å². The Kier molecular flexibility index (Phi) is 6.74. The van der Waals surface area contributed by atoms with Gasteiger partial charge >= 0.3 is 6.03 Å². The van der Waals surface area contributed by atoms with Gasteiger partial charge in [-0.3, -0.25) is 10.1 Å². The molecule has 3 amide bonds. The molecular weight excluding hydrogens is 445 g/mol. The number of hydrogen-bond donors (Lipinski definition) is 2. The molecule has 0 atom stereocenters. The van der Waals surface area contributed by atoms with E-state index in [1.54, 1.807) is 24.3 Å². The van der Waals surface area contributed by atoms with E-state index < -0.39 is 11.9 Å². The quantitative estimate of drug-likeness (QED) is 0.405. The molecule has 0 saturated heterocycles. The van der Waals surface area contributed by atoms with E-state index >= 15 is 0 Å². The topological polar surface area (TPSA) is 105 Å². The zero-order valence-corrected chi connectivity index (χ0v) is 16.1. The lowest BCUT2D eigenvalue weighted by Crippen LogP contribution is -2.35. The van der Waals surface area contributed by atoms with Crippen LogP contribution in [0.15, 0.2) is 48.0 Å². The maximum absolute atomic E-state index is 11.7. The molecule has 0 radical (unpaired) electrons. The Morgan fingerprint density at radius 3 is 2.54 bits per heavy atom. The molecule has 0 bridgehead atoms. The number of primary amides is 1. The van der Waals surface area contributed by atoms with Crippen LogP contribution >= 0.6 is 22.6 Å².